The Kier molecular flexibility index (Phi) is 3.65. The van der Waals surface area contributed by atoms with Gasteiger partial charge >= 0.3 is 11.7 Å². The van der Waals surface area contributed by atoms with E-state index in [0.29, 0.717) is 5.01 Å². The molecule has 9 heteroatoms. The summed E-state index contributed by atoms with van der Waals surface area (Å²) in [6.45, 7) is 0. The summed E-state index contributed by atoms with van der Waals surface area (Å²) in [5, 5.41) is 16.1. The van der Waals surface area contributed by atoms with Crippen LogP contribution >= 0.6 is 0 Å². The minimum Gasteiger partial charge on any atom is -0.339 e. The molecule has 1 aromatic carbocycles. The minimum absolute atomic E-state index is 0.0764. The molecule has 0 heterocycles. The molecule has 0 aliphatic heterocycles. The van der Waals surface area contributed by atoms with Crippen LogP contribution in [0.3, 0.4) is 0 Å². The molecule has 0 saturated carbocycles. The summed E-state index contributed by atoms with van der Waals surface area (Å²) in [4.78, 5) is 20.8. The Bertz CT molecular complexity index is 478. The quantitative estimate of drug-likeness (QED) is 0.478. The van der Waals surface area contributed by atoms with E-state index in [-0.39, 0.29) is 5.69 Å². The zero-order valence-electron chi connectivity index (χ0n) is 8.68. The van der Waals surface area contributed by atoms with Crippen LogP contribution in [-0.4, -0.2) is 18.0 Å². The molecule has 2 amide bonds. The average Bonchev–Trinajstić information content (AvgIpc) is 2.31. The molecule has 0 saturated heterocycles. The smallest absolute Gasteiger partial charge is 0.339 e. The minimum atomic E-state index is -1.03. The van der Waals surface area contributed by atoms with Crippen LogP contribution in [0.1, 0.15) is 0 Å². The SMILES string of the molecule is CNC(=O)N(N=N)c1ccc(F)c([N+](=O)[O-])c1. The van der Waals surface area contributed by atoms with E-state index in [1.807, 2.05) is 0 Å². The highest BCUT2D eigenvalue weighted by Crippen LogP contribution is 2.24. The Morgan fingerprint density at radius 1 is 1.65 bits per heavy atom. The van der Waals surface area contributed by atoms with E-state index in [4.69, 9.17) is 5.53 Å². The Balaban J connectivity index is 3.22. The molecule has 0 fully saturated rings. The summed E-state index contributed by atoms with van der Waals surface area (Å²) in [5.74, 6) is -1.03. The first kappa shape index (κ1) is 12.5. The summed E-state index contributed by atoms with van der Waals surface area (Å²) in [6.07, 6.45) is 0. The van der Waals surface area contributed by atoms with Gasteiger partial charge in [-0.2, -0.15) is 14.9 Å². The van der Waals surface area contributed by atoms with Gasteiger partial charge in [-0.05, 0) is 12.1 Å². The molecule has 0 bridgehead atoms. The number of carbonyl (C=O) groups is 1. The molecule has 17 heavy (non-hydrogen) atoms. The average molecular weight is 241 g/mol. The van der Waals surface area contributed by atoms with Gasteiger partial charge in [0.2, 0.25) is 5.82 Å². The van der Waals surface area contributed by atoms with E-state index in [1.54, 1.807) is 0 Å². The van der Waals surface area contributed by atoms with Gasteiger partial charge in [-0.3, -0.25) is 10.1 Å². The maximum Gasteiger partial charge on any atom is 0.343 e. The Morgan fingerprint density at radius 3 is 2.76 bits per heavy atom. The third kappa shape index (κ3) is 2.51. The molecule has 0 radical (unpaired) electrons. The van der Waals surface area contributed by atoms with Crippen molar-refractivity contribution in [3.63, 3.8) is 0 Å². The number of carbonyl (C=O) groups excluding carboxylic acids is 1. The van der Waals surface area contributed by atoms with Crippen LogP contribution in [0.5, 0.6) is 0 Å². The first-order valence-electron chi connectivity index (χ1n) is 4.34. The largest absolute Gasteiger partial charge is 0.343 e. The van der Waals surface area contributed by atoms with Crippen LogP contribution in [0.15, 0.2) is 23.4 Å². The Hall–Kier alpha value is -2.58. The van der Waals surface area contributed by atoms with Gasteiger partial charge in [-0.15, -0.1) is 0 Å². The van der Waals surface area contributed by atoms with E-state index in [9.17, 15) is 19.3 Å². The van der Waals surface area contributed by atoms with Crippen molar-refractivity contribution < 1.29 is 14.1 Å². The number of anilines is 1. The van der Waals surface area contributed by atoms with Gasteiger partial charge in [-0.1, -0.05) is 5.22 Å². The number of amides is 2. The van der Waals surface area contributed by atoms with Crippen molar-refractivity contribution in [2.75, 3.05) is 12.1 Å². The zero-order valence-corrected chi connectivity index (χ0v) is 8.68. The summed E-state index contributed by atoms with van der Waals surface area (Å²) in [7, 11) is 1.30. The van der Waals surface area contributed by atoms with Crippen LogP contribution in [0.25, 0.3) is 0 Å². The van der Waals surface area contributed by atoms with Crippen molar-refractivity contribution in [3.05, 3.63) is 34.1 Å². The Morgan fingerprint density at radius 2 is 2.29 bits per heavy atom. The lowest BCUT2D eigenvalue weighted by atomic mass is 10.2. The number of urea groups is 1. The topological polar surface area (TPSA) is 112 Å². The number of nitrogens with zero attached hydrogens (tertiary/aromatic N) is 3. The van der Waals surface area contributed by atoms with Gasteiger partial charge in [0.25, 0.3) is 0 Å². The number of hydrogen-bond acceptors (Lipinski definition) is 5. The van der Waals surface area contributed by atoms with Crippen LogP contribution in [0.2, 0.25) is 0 Å². The second kappa shape index (κ2) is 4.96. The summed E-state index contributed by atoms with van der Waals surface area (Å²) >= 11 is 0. The van der Waals surface area contributed by atoms with Crippen LogP contribution < -0.4 is 10.3 Å². The molecule has 1 rings (SSSR count). The van der Waals surface area contributed by atoms with Gasteiger partial charge in [0.1, 0.15) is 0 Å². The first-order valence-corrected chi connectivity index (χ1v) is 4.34. The molecule has 2 N–H and O–H groups in total. The molecule has 0 atom stereocenters. The van der Waals surface area contributed by atoms with Crippen molar-refractivity contribution >= 4 is 17.4 Å². The van der Waals surface area contributed by atoms with Crippen molar-refractivity contribution in [2.45, 2.75) is 0 Å². The highest BCUT2D eigenvalue weighted by molar-refractivity contribution is 5.91. The van der Waals surface area contributed by atoms with E-state index in [1.165, 1.54) is 7.05 Å². The van der Waals surface area contributed by atoms with Crippen molar-refractivity contribution in [1.29, 1.82) is 5.53 Å². The predicted octanol–water partition coefficient (Wildman–Crippen LogP) is 1.83. The number of nitrogens with one attached hydrogen (secondary N) is 2. The summed E-state index contributed by atoms with van der Waals surface area (Å²) in [6, 6.07) is 1.99. The molecule has 1 aromatic rings. The predicted molar refractivity (Wildman–Crippen MR) is 55.1 cm³/mol. The number of halogens is 1. The molecular weight excluding hydrogens is 233 g/mol. The lowest BCUT2D eigenvalue weighted by Gasteiger charge is -2.13. The van der Waals surface area contributed by atoms with E-state index in [2.05, 4.69) is 10.5 Å². The zero-order chi connectivity index (χ0) is 13.0. The van der Waals surface area contributed by atoms with Crippen LogP contribution in [0.4, 0.5) is 20.6 Å². The summed E-state index contributed by atoms with van der Waals surface area (Å²) in [5.41, 5.74) is 5.92. The number of benzene rings is 1. The third-order valence-corrected chi connectivity index (χ3v) is 1.88. The molecule has 8 nitrogen and oxygen atoms in total. The van der Waals surface area contributed by atoms with Gasteiger partial charge in [0.15, 0.2) is 0 Å². The molecule has 0 spiro atoms. The Labute approximate surface area is 94.7 Å². The van der Waals surface area contributed by atoms with Crippen molar-refractivity contribution in [1.82, 2.24) is 5.32 Å². The molecule has 0 aliphatic rings. The van der Waals surface area contributed by atoms with E-state index in [0.717, 1.165) is 18.2 Å². The van der Waals surface area contributed by atoms with Crippen LogP contribution in [0, 0.1) is 21.5 Å². The second-order valence-corrected chi connectivity index (χ2v) is 2.86. The summed E-state index contributed by atoms with van der Waals surface area (Å²) < 4.78 is 13.0. The molecule has 0 unspecified atom stereocenters. The standard InChI is InChI=1S/C8H8FN5O3/c1-11-8(15)13(12-10)5-2-3-6(9)7(4-5)14(16)17/h2-4,10H,1H3,(H,11,15). The number of nitro groups is 1. The highest BCUT2D eigenvalue weighted by Gasteiger charge is 2.20. The van der Waals surface area contributed by atoms with Gasteiger partial charge in [0.05, 0.1) is 10.6 Å². The fraction of sp³-hybridized carbons (Fsp3) is 0.125. The second-order valence-electron chi connectivity index (χ2n) is 2.86. The van der Waals surface area contributed by atoms with E-state index < -0.39 is 22.5 Å². The van der Waals surface area contributed by atoms with Gasteiger partial charge in [0, 0.05) is 13.1 Å². The highest BCUT2D eigenvalue weighted by atomic mass is 19.1. The molecule has 0 aromatic heterocycles. The lowest BCUT2D eigenvalue weighted by Crippen LogP contribution is -2.33. The van der Waals surface area contributed by atoms with Gasteiger partial charge in [-0.25, -0.2) is 4.79 Å². The third-order valence-electron chi connectivity index (χ3n) is 1.88. The number of rotatable bonds is 3. The van der Waals surface area contributed by atoms with Crippen molar-refractivity contribution in [2.24, 2.45) is 5.22 Å². The number of nitro benzene ring substituents is 1. The maximum absolute atomic E-state index is 13.0. The normalized spacial score (nSPS) is 9.53. The number of hydrogen-bond donors (Lipinski definition) is 2. The van der Waals surface area contributed by atoms with E-state index >= 15 is 0 Å². The van der Waals surface area contributed by atoms with Crippen molar-refractivity contribution in [3.8, 4) is 0 Å². The van der Waals surface area contributed by atoms with Crippen LogP contribution in [-0.2, 0) is 0 Å². The fourth-order valence-corrected chi connectivity index (χ4v) is 1.10. The first-order chi connectivity index (χ1) is 8.01. The molecule has 0 aliphatic carbocycles. The molecule has 90 valence electrons. The molecular formula is C8H8FN5O3. The maximum atomic E-state index is 13.0. The fourth-order valence-electron chi connectivity index (χ4n) is 1.10. The lowest BCUT2D eigenvalue weighted by molar-refractivity contribution is -0.387. The monoisotopic (exact) mass is 241 g/mol. The van der Waals surface area contributed by atoms with Gasteiger partial charge < -0.3 is 5.32 Å².